The molecular weight excluding hydrogens is 256 g/mol. The van der Waals surface area contributed by atoms with Gasteiger partial charge >= 0.3 is 0 Å². The molecule has 20 heavy (non-hydrogen) atoms. The number of amides is 1. The van der Waals surface area contributed by atoms with Gasteiger partial charge in [-0.3, -0.25) is 4.79 Å². The van der Waals surface area contributed by atoms with Gasteiger partial charge in [-0.25, -0.2) is 0 Å². The summed E-state index contributed by atoms with van der Waals surface area (Å²) in [5.74, 6) is 1.18. The number of carbonyl (C=O) groups excluding carboxylic acids is 1. The molecule has 1 aromatic heterocycles. The molecule has 6 heteroatoms. The summed E-state index contributed by atoms with van der Waals surface area (Å²) < 4.78 is 5.22. The summed E-state index contributed by atoms with van der Waals surface area (Å²) in [6.07, 6.45) is 1.12. The van der Waals surface area contributed by atoms with Crippen LogP contribution in [0.3, 0.4) is 0 Å². The van der Waals surface area contributed by atoms with E-state index in [1.807, 2.05) is 30.3 Å². The van der Waals surface area contributed by atoms with Crippen LogP contribution in [0.15, 0.2) is 34.9 Å². The van der Waals surface area contributed by atoms with Crippen molar-refractivity contribution < 1.29 is 9.32 Å². The predicted octanol–water partition coefficient (Wildman–Crippen LogP) is 1.33. The molecule has 1 aliphatic heterocycles. The molecule has 2 heterocycles. The first kappa shape index (κ1) is 12.8. The fourth-order valence-electron chi connectivity index (χ4n) is 2.24. The van der Waals surface area contributed by atoms with Crippen molar-refractivity contribution in [2.75, 3.05) is 18.4 Å². The maximum atomic E-state index is 11.9. The highest BCUT2D eigenvalue weighted by Gasteiger charge is 2.23. The van der Waals surface area contributed by atoms with Crippen molar-refractivity contribution in [3.8, 4) is 0 Å². The van der Waals surface area contributed by atoms with Gasteiger partial charge in [0.2, 0.25) is 11.8 Å². The Balaban J connectivity index is 1.59. The number of para-hydroxylation sites is 1. The molecule has 0 bridgehead atoms. The smallest absolute Gasteiger partial charge is 0.232 e. The van der Waals surface area contributed by atoms with Gasteiger partial charge in [0.25, 0.3) is 0 Å². The highest BCUT2D eigenvalue weighted by molar-refractivity contribution is 5.91. The van der Waals surface area contributed by atoms with Crippen LogP contribution in [-0.4, -0.2) is 29.1 Å². The van der Waals surface area contributed by atoms with Crippen molar-refractivity contribution >= 4 is 11.6 Å². The van der Waals surface area contributed by atoms with Crippen LogP contribution in [0.1, 0.15) is 24.1 Å². The molecule has 1 aliphatic rings. The van der Waals surface area contributed by atoms with Crippen molar-refractivity contribution in [2.24, 2.45) is 0 Å². The molecule has 1 aromatic carbocycles. The fourth-order valence-corrected chi connectivity index (χ4v) is 2.24. The second-order valence-electron chi connectivity index (χ2n) is 4.83. The third kappa shape index (κ3) is 3.03. The van der Waals surface area contributed by atoms with Crippen molar-refractivity contribution in [3.05, 3.63) is 42.0 Å². The van der Waals surface area contributed by atoms with Gasteiger partial charge in [0, 0.05) is 12.2 Å². The molecule has 3 rings (SSSR count). The first-order chi connectivity index (χ1) is 9.81. The second kappa shape index (κ2) is 5.83. The Bertz CT molecular complexity index is 576. The van der Waals surface area contributed by atoms with Gasteiger partial charge in [0.15, 0.2) is 5.82 Å². The van der Waals surface area contributed by atoms with Crippen LogP contribution in [0.5, 0.6) is 0 Å². The highest BCUT2D eigenvalue weighted by atomic mass is 16.5. The van der Waals surface area contributed by atoms with E-state index in [-0.39, 0.29) is 18.2 Å². The Morgan fingerprint density at radius 2 is 2.25 bits per heavy atom. The summed E-state index contributed by atoms with van der Waals surface area (Å²) in [5, 5.41) is 9.91. The lowest BCUT2D eigenvalue weighted by atomic mass is 10.1. The molecule has 104 valence electrons. The zero-order valence-corrected chi connectivity index (χ0v) is 11.0. The molecule has 0 saturated carbocycles. The minimum Gasteiger partial charge on any atom is -0.339 e. The number of benzene rings is 1. The lowest BCUT2D eigenvalue weighted by molar-refractivity contribution is -0.115. The van der Waals surface area contributed by atoms with E-state index in [1.165, 1.54) is 0 Å². The molecule has 2 aromatic rings. The van der Waals surface area contributed by atoms with Crippen LogP contribution in [0.4, 0.5) is 5.69 Å². The van der Waals surface area contributed by atoms with E-state index in [9.17, 15) is 4.79 Å². The van der Waals surface area contributed by atoms with Gasteiger partial charge in [0.1, 0.15) is 0 Å². The third-order valence-electron chi connectivity index (χ3n) is 3.27. The van der Waals surface area contributed by atoms with Crippen LogP contribution in [0.25, 0.3) is 0 Å². The van der Waals surface area contributed by atoms with Crippen LogP contribution < -0.4 is 10.6 Å². The van der Waals surface area contributed by atoms with Gasteiger partial charge in [-0.1, -0.05) is 23.4 Å². The summed E-state index contributed by atoms with van der Waals surface area (Å²) in [5.41, 5.74) is 0.765. The number of rotatable bonds is 4. The average Bonchev–Trinajstić information content (AvgIpc) is 3.10. The number of carbonyl (C=O) groups is 1. The fraction of sp³-hybridized carbons (Fsp3) is 0.357. The maximum absolute atomic E-state index is 11.9. The Hall–Kier alpha value is -2.21. The van der Waals surface area contributed by atoms with Gasteiger partial charge in [-0.05, 0) is 25.1 Å². The molecule has 0 radical (unpaired) electrons. The van der Waals surface area contributed by atoms with Crippen molar-refractivity contribution in [1.29, 1.82) is 0 Å². The maximum Gasteiger partial charge on any atom is 0.232 e. The number of nitrogens with zero attached hydrogens (tertiary/aromatic N) is 2. The van der Waals surface area contributed by atoms with Crippen molar-refractivity contribution in [3.63, 3.8) is 0 Å². The second-order valence-corrected chi connectivity index (χ2v) is 4.83. The third-order valence-corrected chi connectivity index (χ3v) is 3.27. The van der Waals surface area contributed by atoms with Crippen LogP contribution in [0.2, 0.25) is 0 Å². The standard InChI is InChI=1S/C14H16N4O2/c19-13(16-11-4-2-1-3-5-11)8-12-17-14(20-18-12)10-6-7-15-9-10/h1-5,10,15H,6-9H2,(H,16,19)/t10-/m0/s1. The number of nitrogens with one attached hydrogen (secondary N) is 2. The largest absolute Gasteiger partial charge is 0.339 e. The van der Waals surface area contributed by atoms with E-state index in [2.05, 4.69) is 20.8 Å². The van der Waals surface area contributed by atoms with E-state index < -0.39 is 0 Å². The molecule has 1 atom stereocenters. The zero-order valence-electron chi connectivity index (χ0n) is 11.0. The zero-order chi connectivity index (χ0) is 13.8. The first-order valence-electron chi connectivity index (χ1n) is 6.69. The van der Waals surface area contributed by atoms with Crippen LogP contribution in [-0.2, 0) is 11.2 Å². The van der Waals surface area contributed by atoms with Gasteiger partial charge in [-0.2, -0.15) is 4.98 Å². The first-order valence-corrected chi connectivity index (χ1v) is 6.69. The Labute approximate surface area is 116 Å². The molecule has 2 N–H and O–H groups in total. The van der Waals surface area contributed by atoms with Gasteiger partial charge in [0.05, 0.1) is 12.3 Å². The van der Waals surface area contributed by atoms with E-state index >= 15 is 0 Å². The number of hydrogen-bond acceptors (Lipinski definition) is 5. The highest BCUT2D eigenvalue weighted by Crippen LogP contribution is 2.20. The molecule has 1 amide bonds. The predicted molar refractivity (Wildman–Crippen MR) is 73.3 cm³/mol. The minimum absolute atomic E-state index is 0.124. The molecule has 0 unspecified atom stereocenters. The summed E-state index contributed by atoms with van der Waals surface area (Å²) in [6.45, 7) is 1.83. The molecular formula is C14H16N4O2. The quantitative estimate of drug-likeness (QED) is 0.877. The Morgan fingerprint density at radius 1 is 1.40 bits per heavy atom. The molecule has 1 saturated heterocycles. The average molecular weight is 272 g/mol. The number of aromatic nitrogens is 2. The summed E-state index contributed by atoms with van der Waals surface area (Å²) in [4.78, 5) is 16.2. The summed E-state index contributed by atoms with van der Waals surface area (Å²) >= 11 is 0. The van der Waals surface area contributed by atoms with E-state index in [4.69, 9.17) is 4.52 Å². The normalized spacial score (nSPS) is 18.1. The molecule has 0 aliphatic carbocycles. The van der Waals surface area contributed by atoms with E-state index in [1.54, 1.807) is 0 Å². The van der Waals surface area contributed by atoms with E-state index in [0.717, 1.165) is 25.2 Å². The van der Waals surface area contributed by atoms with Gasteiger partial charge < -0.3 is 15.2 Å². The minimum atomic E-state index is -0.145. The van der Waals surface area contributed by atoms with Crippen molar-refractivity contribution in [1.82, 2.24) is 15.5 Å². The lowest BCUT2D eigenvalue weighted by Crippen LogP contribution is -2.15. The van der Waals surface area contributed by atoms with Crippen LogP contribution in [0, 0.1) is 0 Å². The van der Waals surface area contributed by atoms with Gasteiger partial charge in [-0.15, -0.1) is 0 Å². The Morgan fingerprint density at radius 3 is 3.00 bits per heavy atom. The summed E-state index contributed by atoms with van der Waals surface area (Å²) in [7, 11) is 0. The number of hydrogen-bond donors (Lipinski definition) is 2. The topological polar surface area (TPSA) is 80.1 Å². The lowest BCUT2D eigenvalue weighted by Gasteiger charge is -2.02. The molecule has 6 nitrogen and oxygen atoms in total. The summed E-state index contributed by atoms with van der Waals surface area (Å²) in [6, 6.07) is 9.31. The monoisotopic (exact) mass is 272 g/mol. The Kier molecular flexibility index (Phi) is 3.73. The van der Waals surface area contributed by atoms with Crippen molar-refractivity contribution in [2.45, 2.75) is 18.8 Å². The van der Waals surface area contributed by atoms with E-state index in [0.29, 0.717) is 11.7 Å². The molecule has 0 spiro atoms. The number of anilines is 1. The molecule has 1 fully saturated rings. The SMILES string of the molecule is O=C(Cc1noc([C@H]2CCNC2)n1)Nc1ccccc1. The van der Waals surface area contributed by atoms with Crippen LogP contribution >= 0.6 is 0 Å².